The van der Waals surface area contributed by atoms with Gasteiger partial charge in [-0.25, -0.2) is 0 Å². The third-order valence-corrected chi connectivity index (χ3v) is 3.50. The second kappa shape index (κ2) is 4.36. The van der Waals surface area contributed by atoms with Crippen LogP contribution in [0.25, 0.3) is 10.9 Å². The standard InChI is InChI=1S/C15H18N2/c1-2-16-14-8-5-9-15-12(14)10-11-6-3-4-7-13(11)17-15/h5,8-10,16H,2-4,6-7H2,1H3. The van der Waals surface area contributed by atoms with Crippen LogP contribution in [0.15, 0.2) is 24.3 Å². The van der Waals surface area contributed by atoms with Crippen molar-refractivity contribution in [2.75, 3.05) is 11.9 Å². The summed E-state index contributed by atoms with van der Waals surface area (Å²) in [5, 5.41) is 4.69. The maximum atomic E-state index is 4.82. The zero-order valence-corrected chi connectivity index (χ0v) is 10.3. The fourth-order valence-electron chi connectivity index (χ4n) is 2.66. The summed E-state index contributed by atoms with van der Waals surface area (Å²) in [6.07, 6.45) is 4.94. The van der Waals surface area contributed by atoms with E-state index in [1.165, 1.54) is 41.6 Å². The van der Waals surface area contributed by atoms with Crippen LogP contribution in [0, 0.1) is 0 Å². The Morgan fingerprint density at radius 1 is 1.24 bits per heavy atom. The van der Waals surface area contributed by atoms with E-state index in [9.17, 15) is 0 Å². The van der Waals surface area contributed by atoms with Crippen LogP contribution in [0.1, 0.15) is 31.0 Å². The number of anilines is 1. The summed E-state index contributed by atoms with van der Waals surface area (Å²) in [5.74, 6) is 0. The molecule has 0 atom stereocenters. The second-order valence-electron chi connectivity index (χ2n) is 4.70. The van der Waals surface area contributed by atoms with Gasteiger partial charge in [-0.2, -0.15) is 0 Å². The van der Waals surface area contributed by atoms with Crippen molar-refractivity contribution in [2.24, 2.45) is 0 Å². The Kier molecular flexibility index (Phi) is 2.71. The van der Waals surface area contributed by atoms with E-state index in [0.29, 0.717) is 0 Å². The molecule has 1 heterocycles. The molecule has 0 aliphatic heterocycles. The number of nitrogens with one attached hydrogen (secondary N) is 1. The zero-order chi connectivity index (χ0) is 11.7. The molecule has 0 amide bonds. The number of aryl methyl sites for hydroxylation is 2. The van der Waals surface area contributed by atoms with Crippen molar-refractivity contribution in [3.8, 4) is 0 Å². The minimum Gasteiger partial charge on any atom is -0.385 e. The molecule has 2 aromatic rings. The van der Waals surface area contributed by atoms with Crippen molar-refractivity contribution >= 4 is 16.6 Å². The van der Waals surface area contributed by atoms with Gasteiger partial charge >= 0.3 is 0 Å². The summed E-state index contributed by atoms with van der Waals surface area (Å²) < 4.78 is 0. The number of fused-ring (bicyclic) bond motifs is 2. The second-order valence-corrected chi connectivity index (χ2v) is 4.70. The fourth-order valence-corrected chi connectivity index (χ4v) is 2.66. The molecule has 88 valence electrons. The maximum Gasteiger partial charge on any atom is 0.0726 e. The van der Waals surface area contributed by atoms with Crippen molar-refractivity contribution in [3.63, 3.8) is 0 Å². The Hall–Kier alpha value is -1.57. The summed E-state index contributed by atoms with van der Waals surface area (Å²) in [6.45, 7) is 3.08. The molecule has 1 aliphatic rings. The van der Waals surface area contributed by atoms with E-state index in [2.05, 4.69) is 36.5 Å². The molecule has 1 aromatic heterocycles. The SMILES string of the molecule is CCNc1cccc2nc3c(cc12)CCCC3. The summed E-state index contributed by atoms with van der Waals surface area (Å²) >= 11 is 0. The average molecular weight is 226 g/mol. The van der Waals surface area contributed by atoms with E-state index >= 15 is 0 Å². The number of rotatable bonds is 2. The summed E-state index contributed by atoms with van der Waals surface area (Å²) in [7, 11) is 0. The molecule has 0 saturated heterocycles. The minimum absolute atomic E-state index is 0.955. The van der Waals surface area contributed by atoms with E-state index < -0.39 is 0 Å². The number of hydrogen-bond donors (Lipinski definition) is 1. The first-order valence-electron chi connectivity index (χ1n) is 6.54. The molecule has 17 heavy (non-hydrogen) atoms. The topological polar surface area (TPSA) is 24.9 Å². The van der Waals surface area contributed by atoms with E-state index in [0.717, 1.165) is 18.5 Å². The highest BCUT2D eigenvalue weighted by Gasteiger charge is 2.12. The average Bonchev–Trinajstić information content (AvgIpc) is 2.37. The summed E-state index contributed by atoms with van der Waals surface area (Å²) in [6, 6.07) is 8.69. The van der Waals surface area contributed by atoms with Crippen molar-refractivity contribution in [1.82, 2.24) is 4.98 Å². The van der Waals surface area contributed by atoms with Gasteiger partial charge in [-0.1, -0.05) is 6.07 Å². The lowest BCUT2D eigenvalue weighted by Gasteiger charge is -2.16. The van der Waals surface area contributed by atoms with E-state index in [4.69, 9.17) is 4.98 Å². The van der Waals surface area contributed by atoms with Crippen molar-refractivity contribution < 1.29 is 0 Å². The molecular formula is C15H18N2. The Balaban J connectivity index is 2.19. The van der Waals surface area contributed by atoms with Gasteiger partial charge in [0.2, 0.25) is 0 Å². The van der Waals surface area contributed by atoms with Gasteiger partial charge in [-0.05, 0) is 56.4 Å². The first-order chi connectivity index (χ1) is 8.38. The van der Waals surface area contributed by atoms with Crippen molar-refractivity contribution in [2.45, 2.75) is 32.6 Å². The number of nitrogens with zero attached hydrogens (tertiary/aromatic N) is 1. The number of pyridine rings is 1. The van der Waals surface area contributed by atoms with E-state index in [1.807, 2.05) is 0 Å². The van der Waals surface area contributed by atoms with Gasteiger partial charge in [0, 0.05) is 23.3 Å². The fraction of sp³-hybridized carbons (Fsp3) is 0.400. The Morgan fingerprint density at radius 3 is 3.00 bits per heavy atom. The smallest absolute Gasteiger partial charge is 0.0726 e. The molecule has 0 bridgehead atoms. The van der Waals surface area contributed by atoms with Crippen LogP contribution in [-0.2, 0) is 12.8 Å². The molecule has 1 N–H and O–H groups in total. The quantitative estimate of drug-likeness (QED) is 0.847. The van der Waals surface area contributed by atoms with Gasteiger partial charge in [0.15, 0.2) is 0 Å². The first kappa shape index (κ1) is 10.6. The molecule has 2 heteroatoms. The minimum atomic E-state index is 0.955. The number of aromatic nitrogens is 1. The highest BCUT2D eigenvalue weighted by atomic mass is 14.9. The Bertz CT molecular complexity index is 546. The maximum absolute atomic E-state index is 4.82. The van der Waals surface area contributed by atoms with Crippen LogP contribution >= 0.6 is 0 Å². The largest absolute Gasteiger partial charge is 0.385 e. The normalized spacial score (nSPS) is 14.6. The molecule has 0 fully saturated rings. The zero-order valence-electron chi connectivity index (χ0n) is 10.3. The monoisotopic (exact) mass is 226 g/mol. The Morgan fingerprint density at radius 2 is 2.12 bits per heavy atom. The molecule has 2 nitrogen and oxygen atoms in total. The van der Waals surface area contributed by atoms with Crippen molar-refractivity contribution in [3.05, 3.63) is 35.5 Å². The molecule has 0 saturated carbocycles. The third kappa shape index (κ3) is 1.88. The van der Waals surface area contributed by atoms with Gasteiger partial charge in [-0.3, -0.25) is 4.98 Å². The van der Waals surface area contributed by atoms with Crippen LogP contribution in [0.5, 0.6) is 0 Å². The van der Waals surface area contributed by atoms with Gasteiger partial charge in [-0.15, -0.1) is 0 Å². The Labute approximate surface area is 102 Å². The van der Waals surface area contributed by atoms with Crippen LogP contribution in [0.2, 0.25) is 0 Å². The highest BCUT2D eigenvalue weighted by Crippen LogP contribution is 2.28. The predicted octanol–water partition coefficient (Wildman–Crippen LogP) is 3.55. The molecule has 0 spiro atoms. The molecule has 0 unspecified atom stereocenters. The summed E-state index contributed by atoms with van der Waals surface area (Å²) in [4.78, 5) is 4.82. The van der Waals surface area contributed by atoms with Crippen LogP contribution < -0.4 is 5.32 Å². The van der Waals surface area contributed by atoms with Gasteiger partial charge in [0.05, 0.1) is 5.52 Å². The van der Waals surface area contributed by atoms with Crippen LogP contribution in [-0.4, -0.2) is 11.5 Å². The third-order valence-electron chi connectivity index (χ3n) is 3.50. The number of benzene rings is 1. The molecule has 3 rings (SSSR count). The predicted molar refractivity (Wildman–Crippen MR) is 72.5 cm³/mol. The highest BCUT2D eigenvalue weighted by molar-refractivity contribution is 5.92. The lowest BCUT2D eigenvalue weighted by Crippen LogP contribution is -2.06. The van der Waals surface area contributed by atoms with Gasteiger partial charge in [0.25, 0.3) is 0 Å². The first-order valence-corrected chi connectivity index (χ1v) is 6.54. The summed E-state index contributed by atoms with van der Waals surface area (Å²) in [5.41, 5.74) is 5.11. The molecule has 1 aliphatic carbocycles. The van der Waals surface area contributed by atoms with E-state index in [1.54, 1.807) is 0 Å². The van der Waals surface area contributed by atoms with Crippen LogP contribution in [0.4, 0.5) is 5.69 Å². The van der Waals surface area contributed by atoms with Crippen molar-refractivity contribution in [1.29, 1.82) is 0 Å². The van der Waals surface area contributed by atoms with E-state index in [-0.39, 0.29) is 0 Å². The number of hydrogen-bond acceptors (Lipinski definition) is 2. The molecule has 0 radical (unpaired) electrons. The van der Waals surface area contributed by atoms with Gasteiger partial charge in [0.1, 0.15) is 0 Å². The molecule has 1 aromatic carbocycles. The van der Waals surface area contributed by atoms with Gasteiger partial charge < -0.3 is 5.32 Å². The lowest BCUT2D eigenvalue weighted by atomic mass is 9.94. The molecular weight excluding hydrogens is 208 g/mol. The van der Waals surface area contributed by atoms with Crippen LogP contribution in [0.3, 0.4) is 0 Å². The lowest BCUT2D eigenvalue weighted by molar-refractivity contribution is 0.671.